The zero-order chi connectivity index (χ0) is 13.9. The van der Waals surface area contributed by atoms with Crippen LogP contribution in [0.25, 0.3) is 0 Å². The van der Waals surface area contributed by atoms with E-state index in [1.165, 1.54) is 0 Å². The van der Waals surface area contributed by atoms with E-state index in [0.29, 0.717) is 37.9 Å². The van der Waals surface area contributed by atoms with Gasteiger partial charge in [-0.15, -0.1) is 0 Å². The molecule has 4 N–H and O–H groups in total. The molecule has 0 aromatic heterocycles. The number of carboxylic acids is 1. The summed E-state index contributed by atoms with van der Waals surface area (Å²) in [7, 11) is 0. The number of anilines is 1. The van der Waals surface area contributed by atoms with Gasteiger partial charge in [0.25, 0.3) is 0 Å². The van der Waals surface area contributed by atoms with Crippen molar-refractivity contribution in [1.82, 2.24) is 0 Å². The zero-order valence-corrected chi connectivity index (χ0v) is 10.7. The predicted octanol–water partition coefficient (Wildman–Crippen LogP) is 1.48. The molecule has 1 amide bonds. The highest BCUT2D eigenvalue weighted by Gasteiger charge is 2.51. The Morgan fingerprint density at radius 2 is 1.89 bits per heavy atom. The predicted molar refractivity (Wildman–Crippen MR) is 71.9 cm³/mol. The van der Waals surface area contributed by atoms with Crippen molar-refractivity contribution < 1.29 is 14.7 Å². The van der Waals surface area contributed by atoms with Crippen molar-refractivity contribution in [3.63, 3.8) is 0 Å². The van der Waals surface area contributed by atoms with E-state index in [9.17, 15) is 14.7 Å². The van der Waals surface area contributed by atoms with E-state index >= 15 is 0 Å². The summed E-state index contributed by atoms with van der Waals surface area (Å²) >= 11 is 0. The second-order valence-electron chi connectivity index (χ2n) is 4.91. The van der Waals surface area contributed by atoms with Crippen LogP contribution in [0.5, 0.6) is 0 Å². The maximum Gasteiger partial charge on any atom is 0.314 e. The number of hydrogen-bond acceptors (Lipinski definition) is 3. The Morgan fingerprint density at radius 3 is 2.37 bits per heavy atom. The Balaban J connectivity index is 1.99. The molecule has 2 rings (SSSR count). The molecule has 1 aromatic carbocycles. The molecule has 0 radical (unpaired) electrons. The molecule has 0 unspecified atom stereocenters. The van der Waals surface area contributed by atoms with Crippen LogP contribution >= 0.6 is 0 Å². The molecule has 1 fully saturated rings. The lowest BCUT2D eigenvalue weighted by atomic mass is 9.96. The first-order valence-corrected chi connectivity index (χ1v) is 6.42. The average Bonchev–Trinajstić information content (AvgIpc) is 3.19. The maximum absolute atomic E-state index is 11.5. The molecule has 1 aliphatic rings. The molecule has 5 heteroatoms. The second kappa shape index (κ2) is 5.40. The van der Waals surface area contributed by atoms with E-state index in [4.69, 9.17) is 5.73 Å². The Morgan fingerprint density at radius 1 is 1.26 bits per heavy atom. The summed E-state index contributed by atoms with van der Waals surface area (Å²) in [6.07, 6.45) is 2.43. The number of carbonyl (C=O) groups excluding carboxylic acids is 1. The minimum atomic E-state index is -0.771. The molecule has 102 valence electrons. The van der Waals surface area contributed by atoms with Crippen molar-refractivity contribution in [2.24, 2.45) is 5.73 Å². The number of carboxylic acid groups (broad SMARTS) is 1. The van der Waals surface area contributed by atoms with Crippen molar-refractivity contribution in [1.29, 1.82) is 0 Å². The van der Waals surface area contributed by atoms with E-state index in [-0.39, 0.29) is 5.91 Å². The number of hydrogen-bond donors (Lipinski definition) is 3. The number of benzene rings is 1. The molecule has 1 aliphatic carbocycles. The van der Waals surface area contributed by atoms with Crippen LogP contribution in [-0.4, -0.2) is 23.5 Å². The van der Waals surface area contributed by atoms with Crippen LogP contribution in [0.1, 0.15) is 31.2 Å². The molecule has 0 spiro atoms. The number of nitrogens with one attached hydrogen (secondary N) is 1. The summed E-state index contributed by atoms with van der Waals surface area (Å²) < 4.78 is 0. The molecule has 0 heterocycles. The monoisotopic (exact) mass is 262 g/mol. The van der Waals surface area contributed by atoms with E-state index in [0.717, 1.165) is 5.56 Å². The highest BCUT2D eigenvalue weighted by molar-refractivity contribution is 5.91. The molecule has 0 saturated heterocycles. The lowest BCUT2D eigenvalue weighted by Crippen LogP contribution is -2.19. The molecule has 0 atom stereocenters. The van der Waals surface area contributed by atoms with Gasteiger partial charge in [0.05, 0.1) is 5.41 Å². The summed E-state index contributed by atoms with van der Waals surface area (Å²) in [6.45, 7) is 0.494. The Bertz CT molecular complexity index is 478. The van der Waals surface area contributed by atoms with Crippen LogP contribution < -0.4 is 11.1 Å². The first-order chi connectivity index (χ1) is 9.08. The first kappa shape index (κ1) is 13.5. The van der Waals surface area contributed by atoms with Gasteiger partial charge >= 0.3 is 5.97 Å². The van der Waals surface area contributed by atoms with Gasteiger partial charge < -0.3 is 16.2 Å². The lowest BCUT2D eigenvalue weighted by Gasteiger charge is -2.11. The van der Waals surface area contributed by atoms with Crippen molar-refractivity contribution in [3.05, 3.63) is 29.8 Å². The van der Waals surface area contributed by atoms with E-state index in [1.807, 2.05) is 0 Å². The third kappa shape index (κ3) is 2.93. The van der Waals surface area contributed by atoms with Crippen molar-refractivity contribution in [3.8, 4) is 0 Å². The number of amides is 1. The smallest absolute Gasteiger partial charge is 0.314 e. The van der Waals surface area contributed by atoms with Crippen LogP contribution in [-0.2, 0) is 15.0 Å². The van der Waals surface area contributed by atoms with Crippen molar-refractivity contribution >= 4 is 17.6 Å². The van der Waals surface area contributed by atoms with E-state index in [1.54, 1.807) is 24.3 Å². The van der Waals surface area contributed by atoms with Gasteiger partial charge in [0, 0.05) is 12.1 Å². The highest BCUT2D eigenvalue weighted by Crippen LogP contribution is 2.48. The van der Waals surface area contributed by atoms with Gasteiger partial charge in [-0.2, -0.15) is 0 Å². The van der Waals surface area contributed by atoms with Gasteiger partial charge in [0.15, 0.2) is 0 Å². The van der Waals surface area contributed by atoms with Crippen LogP contribution in [0.15, 0.2) is 24.3 Å². The fraction of sp³-hybridized carbons (Fsp3) is 0.429. The normalized spacial score (nSPS) is 15.8. The van der Waals surface area contributed by atoms with Gasteiger partial charge in [-0.25, -0.2) is 0 Å². The van der Waals surface area contributed by atoms with Gasteiger partial charge in [-0.3, -0.25) is 9.59 Å². The minimum absolute atomic E-state index is 0.0717. The number of aliphatic carboxylic acids is 1. The molecule has 1 aromatic rings. The van der Waals surface area contributed by atoms with Crippen LogP contribution in [0, 0.1) is 0 Å². The highest BCUT2D eigenvalue weighted by atomic mass is 16.4. The number of carbonyl (C=O) groups is 2. The maximum atomic E-state index is 11.5. The largest absolute Gasteiger partial charge is 0.481 e. The van der Waals surface area contributed by atoms with E-state index in [2.05, 4.69) is 5.32 Å². The zero-order valence-electron chi connectivity index (χ0n) is 10.7. The summed E-state index contributed by atoms with van der Waals surface area (Å²) in [5.74, 6) is -0.843. The molecule has 19 heavy (non-hydrogen) atoms. The topological polar surface area (TPSA) is 92.4 Å². The third-order valence-electron chi connectivity index (χ3n) is 3.49. The SMILES string of the molecule is NCCCC(=O)Nc1ccc(C2(C(=O)O)CC2)cc1. The lowest BCUT2D eigenvalue weighted by molar-refractivity contribution is -0.140. The van der Waals surface area contributed by atoms with Gasteiger partial charge in [0.2, 0.25) is 5.91 Å². The summed E-state index contributed by atoms with van der Waals surface area (Å²) in [5, 5.41) is 12.0. The minimum Gasteiger partial charge on any atom is -0.481 e. The summed E-state index contributed by atoms with van der Waals surface area (Å²) in [5.41, 5.74) is 6.14. The van der Waals surface area contributed by atoms with E-state index < -0.39 is 11.4 Å². The van der Waals surface area contributed by atoms with Crippen molar-refractivity contribution in [2.45, 2.75) is 31.1 Å². The fourth-order valence-corrected chi connectivity index (χ4v) is 2.11. The molecule has 1 saturated carbocycles. The van der Waals surface area contributed by atoms with Gasteiger partial charge in [-0.1, -0.05) is 12.1 Å². The van der Waals surface area contributed by atoms with Gasteiger partial charge in [-0.05, 0) is 43.5 Å². The quantitative estimate of drug-likeness (QED) is 0.724. The Kier molecular flexibility index (Phi) is 3.85. The molecule has 0 bridgehead atoms. The standard InChI is InChI=1S/C14H18N2O3/c15-9-1-2-12(17)16-11-5-3-10(4-6-11)14(7-8-14)13(18)19/h3-6H,1-2,7-9,15H2,(H,16,17)(H,18,19). The summed E-state index contributed by atoms with van der Waals surface area (Å²) in [4.78, 5) is 22.7. The molecular weight excluding hydrogens is 244 g/mol. The average molecular weight is 262 g/mol. The Labute approximate surface area is 111 Å². The molecule has 0 aliphatic heterocycles. The first-order valence-electron chi connectivity index (χ1n) is 6.42. The number of nitrogens with two attached hydrogens (primary N) is 1. The second-order valence-corrected chi connectivity index (χ2v) is 4.91. The Hall–Kier alpha value is -1.88. The summed E-state index contributed by atoms with van der Waals surface area (Å²) in [6, 6.07) is 7.05. The molecule has 5 nitrogen and oxygen atoms in total. The van der Waals surface area contributed by atoms with Crippen molar-refractivity contribution in [2.75, 3.05) is 11.9 Å². The van der Waals surface area contributed by atoms with Crippen LogP contribution in [0.2, 0.25) is 0 Å². The fourth-order valence-electron chi connectivity index (χ4n) is 2.11. The van der Waals surface area contributed by atoms with Gasteiger partial charge in [0.1, 0.15) is 0 Å². The number of rotatable bonds is 6. The molecular formula is C14H18N2O3. The van der Waals surface area contributed by atoms with Crippen LogP contribution in [0.4, 0.5) is 5.69 Å². The van der Waals surface area contributed by atoms with Crippen LogP contribution in [0.3, 0.4) is 0 Å². The third-order valence-corrected chi connectivity index (χ3v) is 3.49.